The molecule has 4 aliphatic rings. The number of aliphatic hydroxyl groups is 2. The summed E-state index contributed by atoms with van der Waals surface area (Å²) in [6, 6.07) is 0. The zero-order valence-corrected chi connectivity index (χ0v) is 22.4. The Morgan fingerprint density at radius 3 is 2.36 bits per heavy atom. The Morgan fingerprint density at radius 1 is 1.06 bits per heavy atom. The van der Waals surface area contributed by atoms with Crippen molar-refractivity contribution < 1.29 is 15.0 Å². The highest BCUT2D eigenvalue weighted by molar-refractivity contribution is 5.94. The first-order valence-corrected chi connectivity index (χ1v) is 13.5. The third kappa shape index (κ3) is 3.46. The minimum Gasteiger partial charge on any atom is -0.393 e. The fourth-order valence-corrected chi connectivity index (χ4v) is 9.43. The Bertz CT molecular complexity index is 864. The van der Waals surface area contributed by atoms with Crippen LogP contribution >= 0.6 is 0 Å². The van der Waals surface area contributed by atoms with Gasteiger partial charge in [0.15, 0.2) is 5.78 Å². The molecule has 0 heterocycles. The Balaban J connectivity index is 1.66. The Morgan fingerprint density at radius 2 is 1.73 bits per heavy atom. The molecule has 3 heteroatoms. The number of hydrogen-bond acceptors (Lipinski definition) is 3. The summed E-state index contributed by atoms with van der Waals surface area (Å²) in [7, 11) is 0. The molecule has 2 N–H and O–H groups in total. The molecule has 3 saturated carbocycles. The molecular weight excluding hydrogens is 408 g/mol. The molecule has 9 atom stereocenters. The highest BCUT2D eigenvalue weighted by atomic mass is 16.3. The molecule has 33 heavy (non-hydrogen) atoms. The number of ketones is 1. The fraction of sp³-hybridized carbons (Fsp3) is 0.833. The number of hydrogen-bond donors (Lipinski definition) is 2. The van der Waals surface area contributed by atoms with Crippen molar-refractivity contribution in [3.05, 3.63) is 23.3 Å². The summed E-state index contributed by atoms with van der Waals surface area (Å²) in [5.74, 6) is 1.29. The molecular formula is C30H48O3. The summed E-state index contributed by atoms with van der Waals surface area (Å²) in [5.41, 5.74) is 3.06. The lowest BCUT2D eigenvalue weighted by molar-refractivity contribution is -0.135. The topological polar surface area (TPSA) is 57.5 Å². The first-order valence-electron chi connectivity index (χ1n) is 13.5. The van der Waals surface area contributed by atoms with Gasteiger partial charge in [-0.2, -0.15) is 0 Å². The molecule has 0 amide bonds. The van der Waals surface area contributed by atoms with Crippen molar-refractivity contribution in [1.29, 1.82) is 0 Å². The van der Waals surface area contributed by atoms with E-state index < -0.39 is 6.10 Å². The summed E-state index contributed by atoms with van der Waals surface area (Å²) >= 11 is 0. The summed E-state index contributed by atoms with van der Waals surface area (Å²) in [6.45, 7) is 18.0. The maximum atomic E-state index is 12.7. The maximum absolute atomic E-state index is 12.7. The van der Waals surface area contributed by atoms with Crippen molar-refractivity contribution in [1.82, 2.24) is 0 Å². The zero-order chi connectivity index (χ0) is 24.6. The number of carbonyl (C=O) groups is 1. The van der Waals surface area contributed by atoms with Gasteiger partial charge in [-0.25, -0.2) is 0 Å². The van der Waals surface area contributed by atoms with E-state index in [4.69, 9.17) is 0 Å². The minimum absolute atomic E-state index is 0.0345. The van der Waals surface area contributed by atoms with Crippen molar-refractivity contribution in [2.45, 2.75) is 113 Å². The van der Waals surface area contributed by atoms with Crippen LogP contribution in [-0.4, -0.2) is 28.2 Å². The molecule has 0 saturated heterocycles. The van der Waals surface area contributed by atoms with Crippen LogP contribution in [-0.2, 0) is 4.79 Å². The molecule has 0 unspecified atom stereocenters. The molecule has 3 fully saturated rings. The number of fused-ring (bicyclic) bond motifs is 5. The molecule has 0 aliphatic heterocycles. The van der Waals surface area contributed by atoms with Crippen LogP contribution in [0.15, 0.2) is 23.3 Å². The average Bonchev–Trinajstić information content (AvgIpc) is 3.01. The van der Waals surface area contributed by atoms with E-state index in [1.807, 2.05) is 13.8 Å². The summed E-state index contributed by atoms with van der Waals surface area (Å²) in [5, 5.41) is 21.8. The van der Waals surface area contributed by atoms with Gasteiger partial charge in [0, 0.05) is 0 Å². The lowest BCUT2D eigenvalue weighted by atomic mass is 9.41. The Hall–Kier alpha value is -0.930. The first kappa shape index (κ1) is 25.2. The first-order chi connectivity index (χ1) is 15.2. The van der Waals surface area contributed by atoms with E-state index >= 15 is 0 Å². The molecule has 0 aromatic carbocycles. The molecule has 186 valence electrons. The molecule has 4 aliphatic carbocycles. The van der Waals surface area contributed by atoms with Crippen LogP contribution in [0.3, 0.4) is 0 Å². The van der Waals surface area contributed by atoms with Crippen LogP contribution in [0.2, 0.25) is 0 Å². The number of rotatable bonds is 4. The van der Waals surface area contributed by atoms with Gasteiger partial charge in [0.05, 0.1) is 6.10 Å². The summed E-state index contributed by atoms with van der Waals surface area (Å²) in [6.07, 6.45) is 10.8. The van der Waals surface area contributed by atoms with Crippen LogP contribution in [0.1, 0.15) is 100 Å². The van der Waals surface area contributed by atoms with Gasteiger partial charge in [0.25, 0.3) is 0 Å². The SMILES string of the molecule is CC(C)=CC(=O)[C@@H](O)[C@H](C)[C@@H]1CC[C@]2(C)C3=CC[C@H]4C(C)(C)[C@H](O)CC[C@]4(C)[C@H]3CC[C@@]12C. The van der Waals surface area contributed by atoms with E-state index in [1.54, 1.807) is 11.6 Å². The monoisotopic (exact) mass is 456 g/mol. The quantitative estimate of drug-likeness (QED) is 0.376. The van der Waals surface area contributed by atoms with Gasteiger partial charge in [-0.1, -0.05) is 58.8 Å². The molecule has 0 spiro atoms. The average molecular weight is 457 g/mol. The number of allylic oxidation sites excluding steroid dienone is 3. The smallest absolute Gasteiger partial charge is 0.184 e. The van der Waals surface area contributed by atoms with Crippen molar-refractivity contribution in [3.8, 4) is 0 Å². The lowest BCUT2D eigenvalue weighted by Gasteiger charge is -2.64. The maximum Gasteiger partial charge on any atom is 0.184 e. The second kappa shape index (κ2) is 8.05. The Kier molecular flexibility index (Phi) is 6.14. The van der Waals surface area contributed by atoms with Gasteiger partial charge < -0.3 is 10.2 Å². The number of carbonyl (C=O) groups excluding carboxylic acids is 1. The van der Waals surface area contributed by atoms with Gasteiger partial charge in [-0.3, -0.25) is 4.79 Å². The second-order valence-corrected chi connectivity index (χ2v) is 13.7. The van der Waals surface area contributed by atoms with Gasteiger partial charge in [0.1, 0.15) is 6.10 Å². The van der Waals surface area contributed by atoms with Crippen molar-refractivity contribution in [2.75, 3.05) is 0 Å². The van der Waals surface area contributed by atoms with Crippen LogP contribution < -0.4 is 0 Å². The third-order valence-corrected chi connectivity index (χ3v) is 11.7. The molecule has 0 aromatic heterocycles. The van der Waals surface area contributed by atoms with Gasteiger partial charge >= 0.3 is 0 Å². The number of aliphatic hydroxyl groups excluding tert-OH is 2. The van der Waals surface area contributed by atoms with E-state index in [9.17, 15) is 15.0 Å². The highest BCUT2D eigenvalue weighted by Gasteiger charge is 2.65. The lowest BCUT2D eigenvalue weighted by Crippen LogP contribution is -2.58. The van der Waals surface area contributed by atoms with Crippen LogP contribution in [0.25, 0.3) is 0 Å². The van der Waals surface area contributed by atoms with Crippen LogP contribution in [0.4, 0.5) is 0 Å². The highest BCUT2D eigenvalue weighted by Crippen LogP contribution is 2.73. The van der Waals surface area contributed by atoms with Gasteiger partial charge in [0.2, 0.25) is 0 Å². The van der Waals surface area contributed by atoms with E-state index in [1.165, 1.54) is 6.42 Å². The van der Waals surface area contributed by atoms with Gasteiger partial charge in [-0.05, 0) is 110 Å². The van der Waals surface area contributed by atoms with E-state index in [2.05, 4.69) is 47.6 Å². The molecule has 4 rings (SSSR count). The minimum atomic E-state index is -0.912. The van der Waals surface area contributed by atoms with Crippen LogP contribution in [0.5, 0.6) is 0 Å². The predicted octanol–water partition coefficient (Wildman–Crippen LogP) is 6.48. The van der Waals surface area contributed by atoms with Crippen LogP contribution in [0, 0.1) is 45.3 Å². The third-order valence-electron chi connectivity index (χ3n) is 11.7. The zero-order valence-electron chi connectivity index (χ0n) is 22.4. The summed E-state index contributed by atoms with van der Waals surface area (Å²) < 4.78 is 0. The molecule has 0 aromatic rings. The van der Waals surface area contributed by atoms with E-state index in [0.717, 1.165) is 44.1 Å². The van der Waals surface area contributed by atoms with E-state index in [0.29, 0.717) is 17.8 Å². The van der Waals surface area contributed by atoms with Crippen molar-refractivity contribution in [2.24, 2.45) is 45.3 Å². The second-order valence-electron chi connectivity index (χ2n) is 13.7. The molecule has 0 bridgehead atoms. The normalized spacial score (nSPS) is 45.7. The van der Waals surface area contributed by atoms with Gasteiger partial charge in [-0.15, -0.1) is 0 Å². The summed E-state index contributed by atoms with van der Waals surface area (Å²) in [4.78, 5) is 12.7. The molecule has 3 nitrogen and oxygen atoms in total. The van der Waals surface area contributed by atoms with Crippen molar-refractivity contribution >= 4 is 5.78 Å². The Labute approximate surface area is 202 Å². The van der Waals surface area contributed by atoms with Crippen molar-refractivity contribution in [3.63, 3.8) is 0 Å². The molecule has 0 radical (unpaired) electrons. The fourth-order valence-electron chi connectivity index (χ4n) is 9.43. The largest absolute Gasteiger partial charge is 0.393 e. The standard InChI is InChI=1S/C30H48O3/c1-18(2)17-23(31)26(33)19(3)20-11-15-30(8)22-9-10-24-27(4,5)25(32)13-14-28(24,6)21(22)12-16-29(20,30)7/h9,17,19-21,24-26,32-33H,10-16H2,1-8H3/t19-,20+,21+,24+,25-,26+,28-,29+,30-/m1/s1. The predicted molar refractivity (Wildman–Crippen MR) is 135 cm³/mol. The van der Waals surface area contributed by atoms with E-state index in [-0.39, 0.29) is 39.5 Å².